The molecule has 150 valence electrons. The minimum absolute atomic E-state index is 0.0254. The number of aromatic nitrogens is 2. The number of hydrogen-bond donors (Lipinski definition) is 1. The first-order chi connectivity index (χ1) is 13.7. The predicted octanol–water partition coefficient (Wildman–Crippen LogP) is 3.82. The molecule has 6 nitrogen and oxygen atoms in total. The molecule has 0 spiro atoms. The van der Waals surface area contributed by atoms with Crippen LogP contribution in [-0.2, 0) is 6.54 Å². The smallest absolute Gasteiger partial charge is 0.251 e. The number of amides is 1. The molecule has 1 aliphatic heterocycles. The molecule has 2 aliphatic rings. The van der Waals surface area contributed by atoms with Gasteiger partial charge in [0.25, 0.3) is 5.91 Å². The summed E-state index contributed by atoms with van der Waals surface area (Å²) in [5.74, 6) is 2.10. The van der Waals surface area contributed by atoms with Crippen molar-refractivity contribution < 1.29 is 9.32 Å². The molecule has 0 bridgehead atoms. The Hall–Kier alpha value is -2.21. The van der Waals surface area contributed by atoms with Crippen LogP contribution in [0.5, 0.6) is 0 Å². The first-order valence-corrected chi connectivity index (χ1v) is 10.6. The van der Waals surface area contributed by atoms with Gasteiger partial charge >= 0.3 is 0 Å². The van der Waals surface area contributed by atoms with E-state index in [0.717, 1.165) is 55.3 Å². The molecule has 1 N–H and O–H groups in total. The van der Waals surface area contributed by atoms with E-state index >= 15 is 0 Å². The lowest BCUT2D eigenvalue weighted by Gasteiger charge is -2.31. The van der Waals surface area contributed by atoms with Crippen LogP contribution in [-0.4, -0.2) is 40.1 Å². The summed E-state index contributed by atoms with van der Waals surface area (Å²) >= 11 is 0. The van der Waals surface area contributed by atoms with Gasteiger partial charge in [0, 0.05) is 30.6 Å². The van der Waals surface area contributed by atoms with Crippen molar-refractivity contribution in [3.05, 3.63) is 47.1 Å². The number of rotatable bonds is 5. The number of carbonyl (C=O) groups excluding carboxylic acids is 1. The molecule has 4 rings (SSSR count). The molecule has 0 atom stereocenters. The highest BCUT2D eigenvalue weighted by Gasteiger charge is 2.24. The zero-order valence-electron chi connectivity index (χ0n) is 16.7. The van der Waals surface area contributed by atoms with Gasteiger partial charge in [-0.3, -0.25) is 9.69 Å². The monoisotopic (exact) mass is 382 g/mol. The lowest BCUT2D eigenvalue weighted by atomic mass is 9.89. The molecule has 1 saturated carbocycles. The normalized spacial score (nSPS) is 19.6. The van der Waals surface area contributed by atoms with Gasteiger partial charge in [-0.05, 0) is 44.7 Å². The van der Waals surface area contributed by atoms with E-state index in [1.807, 2.05) is 31.2 Å². The summed E-state index contributed by atoms with van der Waals surface area (Å²) in [5, 5.41) is 7.38. The Bertz CT molecular complexity index is 789. The number of hydrogen-bond acceptors (Lipinski definition) is 5. The molecule has 2 aromatic rings. The Morgan fingerprint density at radius 1 is 1.18 bits per heavy atom. The van der Waals surface area contributed by atoms with Crippen molar-refractivity contribution in [3.63, 3.8) is 0 Å². The van der Waals surface area contributed by atoms with Crippen molar-refractivity contribution in [1.82, 2.24) is 20.4 Å². The Morgan fingerprint density at radius 3 is 2.71 bits per heavy atom. The first-order valence-electron chi connectivity index (χ1n) is 10.6. The molecule has 1 aromatic heterocycles. The fourth-order valence-corrected chi connectivity index (χ4v) is 4.34. The molecular formula is C22H30N4O2. The van der Waals surface area contributed by atoms with Crippen molar-refractivity contribution in [2.75, 3.05) is 13.1 Å². The molecule has 1 aromatic carbocycles. The van der Waals surface area contributed by atoms with Crippen LogP contribution < -0.4 is 5.32 Å². The van der Waals surface area contributed by atoms with Crippen molar-refractivity contribution >= 4 is 5.91 Å². The molecule has 2 heterocycles. The van der Waals surface area contributed by atoms with E-state index in [1.165, 1.54) is 32.1 Å². The van der Waals surface area contributed by atoms with Gasteiger partial charge in [-0.25, -0.2) is 0 Å². The predicted molar refractivity (Wildman–Crippen MR) is 107 cm³/mol. The maximum atomic E-state index is 12.4. The number of aryl methyl sites for hydroxylation is 1. The maximum absolute atomic E-state index is 12.4. The zero-order chi connectivity index (χ0) is 19.3. The summed E-state index contributed by atoms with van der Waals surface area (Å²) < 4.78 is 5.53. The number of nitrogens with one attached hydrogen (secondary N) is 1. The fourth-order valence-electron chi connectivity index (χ4n) is 4.34. The van der Waals surface area contributed by atoms with Crippen LogP contribution in [0.25, 0.3) is 0 Å². The van der Waals surface area contributed by atoms with Crippen molar-refractivity contribution in [2.45, 2.75) is 70.4 Å². The molecular weight excluding hydrogens is 352 g/mol. The average Bonchev–Trinajstić information content (AvgIpc) is 3.19. The van der Waals surface area contributed by atoms with Crippen LogP contribution in [0.4, 0.5) is 0 Å². The van der Waals surface area contributed by atoms with Gasteiger partial charge in [0.15, 0.2) is 5.82 Å². The summed E-state index contributed by atoms with van der Waals surface area (Å²) in [6, 6.07) is 7.97. The van der Waals surface area contributed by atoms with Crippen LogP contribution in [0.15, 0.2) is 28.8 Å². The topological polar surface area (TPSA) is 71.3 Å². The van der Waals surface area contributed by atoms with Gasteiger partial charge < -0.3 is 9.84 Å². The van der Waals surface area contributed by atoms with E-state index in [0.29, 0.717) is 5.92 Å². The first kappa shape index (κ1) is 19.1. The van der Waals surface area contributed by atoms with Gasteiger partial charge in [0.2, 0.25) is 5.89 Å². The second-order valence-corrected chi connectivity index (χ2v) is 8.28. The van der Waals surface area contributed by atoms with E-state index in [1.54, 1.807) is 0 Å². The standard InChI is InChI=1S/C22H30N4O2/c1-16-6-5-9-18(14-16)21(27)23-19-10-12-26(13-11-19)15-20-24-22(28-25-20)17-7-3-2-4-8-17/h5-6,9,14,17,19H,2-4,7-8,10-13,15H2,1H3,(H,23,27). The molecule has 1 aliphatic carbocycles. The molecule has 6 heteroatoms. The lowest BCUT2D eigenvalue weighted by Crippen LogP contribution is -2.44. The Balaban J connectivity index is 1.24. The highest BCUT2D eigenvalue weighted by molar-refractivity contribution is 5.94. The van der Waals surface area contributed by atoms with E-state index in [4.69, 9.17) is 4.52 Å². The second kappa shape index (κ2) is 8.86. The number of piperidine rings is 1. The van der Waals surface area contributed by atoms with Crippen molar-refractivity contribution in [3.8, 4) is 0 Å². The summed E-state index contributed by atoms with van der Waals surface area (Å²) in [7, 11) is 0. The zero-order valence-corrected chi connectivity index (χ0v) is 16.7. The fraction of sp³-hybridized carbons (Fsp3) is 0.591. The third kappa shape index (κ3) is 4.79. The van der Waals surface area contributed by atoms with Crippen LogP contribution in [0.1, 0.15) is 78.5 Å². The highest BCUT2D eigenvalue weighted by Crippen LogP contribution is 2.31. The third-order valence-corrected chi connectivity index (χ3v) is 6.01. The van der Waals surface area contributed by atoms with Gasteiger partial charge in [-0.2, -0.15) is 4.98 Å². The van der Waals surface area contributed by atoms with Gasteiger partial charge in [0.05, 0.1) is 6.54 Å². The SMILES string of the molecule is Cc1cccc(C(=O)NC2CCN(Cc3noc(C4CCCCC4)n3)CC2)c1. The van der Waals surface area contributed by atoms with Gasteiger partial charge in [0.1, 0.15) is 0 Å². The van der Waals surface area contributed by atoms with Gasteiger partial charge in [-0.15, -0.1) is 0 Å². The molecule has 0 radical (unpaired) electrons. The largest absolute Gasteiger partial charge is 0.349 e. The third-order valence-electron chi connectivity index (χ3n) is 6.01. The number of carbonyl (C=O) groups is 1. The van der Waals surface area contributed by atoms with Crippen molar-refractivity contribution in [2.24, 2.45) is 0 Å². The minimum atomic E-state index is 0.0254. The number of likely N-dealkylation sites (tertiary alicyclic amines) is 1. The van der Waals surface area contributed by atoms with E-state index < -0.39 is 0 Å². The Labute approximate surface area is 166 Å². The van der Waals surface area contributed by atoms with Crippen molar-refractivity contribution in [1.29, 1.82) is 0 Å². The quantitative estimate of drug-likeness (QED) is 0.851. The Kier molecular flexibility index (Phi) is 6.05. The maximum Gasteiger partial charge on any atom is 0.251 e. The van der Waals surface area contributed by atoms with E-state index in [9.17, 15) is 4.79 Å². The van der Waals surface area contributed by atoms with E-state index in [2.05, 4.69) is 20.4 Å². The Morgan fingerprint density at radius 2 is 1.96 bits per heavy atom. The summed E-state index contributed by atoms with van der Waals surface area (Å²) in [6.07, 6.45) is 8.11. The van der Waals surface area contributed by atoms with Crippen LogP contribution in [0.3, 0.4) is 0 Å². The lowest BCUT2D eigenvalue weighted by molar-refractivity contribution is 0.0907. The number of benzene rings is 1. The van der Waals surface area contributed by atoms with Crippen LogP contribution in [0, 0.1) is 6.92 Å². The average molecular weight is 383 g/mol. The van der Waals surface area contributed by atoms with E-state index in [-0.39, 0.29) is 11.9 Å². The minimum Gasteiger partial charge on any atom is -0.349 e. The van der Waals surface area contributed by atoms with Crippen LogP contribution in [0.2, 0.25) is 0 Å². The molecule has 1 amide bonds. The van der Waals surface area contributed by atoms with Gasteiger partial charge in [-0.1, -0.05) is 42.1 Å². The molecule has 0 unspecified atom stereocenters. The summed E-state index contributed by atoms with van der Waals surface area (Å²) in [6.45, 7) is 4.61. The number of nitrogens with zero attached hydrogens (tertiary/aromatic N) is 3. The molecule has 1 saturated heterocycles. The van der Waals surface area contributed by atoms with Crippen LogP contribution >= 0.6 is 0 Å². The summed E-state index contributed by atoms with van der Waals surface area (Å²) in [5.41, 5.74) is 1.85. The molecule has 28 heavy (non-hydrogen) atoms. The molecule has 2 fully saturated rings. The highest BCUT2D eigenvalue weighted by atomic mass is 16.5. The second-order valence-electron chi connectivity index (χ2n) is 8.28. The summed E-state index contributed by atoms with van der Waals surface area (Å²) in [4.78, 5) is 19.4.